The lowest BCUT2D eigenvalue weighted by Crippen LogP contribution is -2.38. The zero-order valence-corrected chi connectivity index (χ0v) is 13.3. The molecule has 5 heteroatoms. The Balaban J connectivity index is 1.96. The van der Waals surface area contributed by atoms with Crippen LogP contribution >= 0.6 is 0 Å². The minimum absolute atomic E-state index is 0.322. The number of nitrogens with zero attached hydrogens (tertiary/aromatic N) is 1. The third-order valence-electron chi connectivity index (χ3n) is 4.08. The zero-order chi connectivity index (χ0) is 15.2. The fraction of sp³-hybridized carbons (Fsp3) is 0.688. The lowest BCUT2D eigenvalue weighted by molar-refractivity contribution is 0.0559. The van der Waals surface area contributed by atoms with Crippen molar-refractivity contribution >= 4 is 5.97 Å². The quantitative estimate of drug-likeness (QED) is 0.815. The molecule has 21 heavy (non-hydrogen) atoms. The van der Waals surface area contributed by atoms with Gasteiger partial charge in [-0.15, -0.1) is 0 Å². The van der Waals surface area contributed by atoms with Gasteiger partial charge in [-0.05, 0) is 51.4 Å². The maximum absolute atomic E-state index is 11.6. The van der Waals surface area contributed by atoms with Gasteiger partial charge in [0.25, 0.3) is 0 Å². The second-order valence-corrected chi connectivity index (χ2v) is 5.76. The van der Waals surface area contributed by atoms with Gasteiger partial charge in [0.15, 0.2) is 0 Å². The molecule has 1 N–H and O–H groups in total. The highest BCUT2D eigenvalue weighted by atomic mass is 16.5. The first-order chi connectivity index (χ1) is 10.1. The molecule has 2 heterocycles. The average molecular weight is 294 g/mol. The van der Waals surface area contributed by atoms with E-state index in [1.165, 1.54) is 20.0 Å². The summed E-state index contributed by atoms with van der Waals surface area (Å²) in [6.07, 6.45) is 2.54. The van der Waals surface area contributed by atoms with Crippen LogP contribution in [0.1, 0.15) is 41.6 Å². The van der Waals surface area contributed by atoms with Crippen LogP contribution < -0.4 is 5.32 Å². The minimum atomic E-state index is -0.404. The summed E-state index contributed by atoms with van der Waals surface area (Å²) in [7, 11) is 1.37. The van der Waals surface area contributed by atoms with Gasteiger partial charge in [0.05, 0.1) is 13.7 Å². The van der Waals surface area contributed by atoms with Crippen molar-refractivity contribution in [1.29, 1.82) is 0 Å². The predicted octanol–water partition coefficient (Wildman–Crippen LogP) is 2.20. The lowest BCUT2D eigenvalue weighted by atomic mass is 9.99. The van der Waals surface area contributed by atoms with Crippen LogP contribution in [0.3, 0.4) is 0 Å². The third kappa shape index (κ3) is 4.32. The van der Waals surface area contributed by atoms with E-state index in [9.17, 15) is 4.79 Å². The minimum Gasteiger partial charge on any atom is -0.463 e. The van der Waals surface area contributed by atoms with E-state index in [-0.39, 0.29) is 0 Å². The van der Waals surface area contributed by atoms with Crippen molar-refractivity contribution in [3.05, 3.63) is 23.2 Å². The number of piperidine rings is 1. The molecule has 0 aromatic carbocycles. The van der Waals surface area contributed by atoms with Gasteiger partial charge in [-0.3, -0.25) is 4.90 Å². The first kappa shape index (κ1) is 16.0. The van der Waals surface area contributed by atoms with Gasteiger partial charge >= 0.3 is 5.97 Å². The van der Waals surface area contributed by atoms with E-state index in [0.717, 1.165) is 44.0 Å². The molecule has 0 aliphatic carbocycles. The summed E-state index contributed by atoms with van der Waals surface area (Å²) in [5.41, 5.74) is 0.840. The number of methoxy groups -OCH3 is 1. The number of hydrogen-bond donors (Lipinski definition) is 1. The molecule has 0 amide bonds. The van der Waals surface area contributed by atoms with Crippen molar-refractivity contribution in [2.45, 2.75) is 33.2 Å². The molecule has 1 unspecified atom stereocenters. The fourth-order valence-electron chi connectivity index (χ4n) is 2.89. The van der Waals surface area contributed by atoms with Gasteiger partial charge in [-0.2, -0.15) is 0 Å². The summed E-state index contributed by atoms with van der Waals surface area (Å²) in [6.45, 7) is 9.06. The van der Waals surface area contributed by atoms with Crippen molar-refractivity contribution in [1.82, 2.24) is 10.2 Å². The largest absolute Gasteiger partial charge is 0.463 e. The number of furan rings is 1. The number of carbonyl (C=O) groups excluding carboxylic acids is 1. The zero-order valence-electron chi connectivity index (χ0n) is 13.3. The maximum Gasteiger partial charge on any atom is 0.374 e. The average Bonchev–Trinajstić information content (AvgIpc) is 2.87. The van der Waals surface area contributed by atoms with E-state index in [4.69, 9.17) is 9.15 Å². The van der Waals surface area contributed by atoms with E-state index >= 15 is 0 Å². The van der Waals surface area contributed by atoms with E-state index in [0.29, 0.717) is 11.7 Å². The first-order valence-electron chi connectivity index (χ1n) is 7.74. The topological polar surface area (TPSA) is 54.7 Å². The Morgan fingerprint density at radius 2 is 2.38 bits per heavy atom. The Hall–Kier alpha value is -1.33. The highest BCUT2D eigenvalue weighted by Gasteiger charge is 2.20. The van der Waals surface area contributed by atoms with Crippen LogP contribution in [-0.2, 0) is 11.3 Å². The molecule has 1 saturated heterocycles. The highest BCUT2D eigenvalue weighted by Crippen LogP contribution is 2.19. The molecule has 1 aromatic rings. The van der Waals surface area contributed by atoms with E-state index in [2.05, 4.69) is 17.1 Å². The number of nitrogens with one attached hydrogen (secondary N) is 1. The summed E-state index contributed by atoms with van der Waals surface area (Å²) in [5, 5.41) is 3.45. The normalized spacial score (nSPS) is 19.0. The predicted molar refractivity (Wildman–Crippen MR) is 81.3 cm³/mol. The molecule has 118 valence electrons. The SMILES string of the molecule is CCN(Cc1cc(C)c(C(=O)OC)o1)CC1CCCNC1. The number of ether oxygens (including phenoxy) is 1. The maximum atomic E-state index is 11.6. The molecular weight excluding hydrogens is 268 g/mol. The van der Waals surface area contributed by atoms with Crippen molar-refractivity contribution in [3.63, 3.8) is 0 Å². The molecule has 0 spiro atoms. The Morgan fingerprint density at radius 1 is 1.57 bits per heavy atom. The van der Waals surface area contributed by atoms with Crippen LogP contribution in [0.25, 0.3) is 0 Å². The van der Waals surface area contributed by atoms with Gasteiger partial charge in [0.1, 0.15) is 5.76 Å². The molecule has 1 atom stereocenters. The van der Waals surface area contributed by atoms with E-state index in [1.54, 1.807) is 0 Å². The molecule has 5 nitrogen and oxygen atoms in total. The molecule has 1 aliphatic rings. The van der Waals surface area contributed by atoms with Crippen molar-refractivity contribution in [3.8, 4) is 0 Å². The van der Waals surface area contributed by atoms with Crippen molar-refractivity contribution in [2.24, 2.45) is 5.92 Å². The van der Waals surface area contributed by atoms with E-state index in [1.807, 2.05) is 13.0 Å². The number of carbonyl (C=O) groups is 1. The number of aryl methyl sites for hydroxylation is 1. The summed E-state index contributed by atoms with van der Waals surface area (Å²) in [4.78, 5) is 14.0. The number of hydrogen-bond acceptors (Lipinski definition) is 5. The lowest BCUT2D eigenvalue weighted by Gasteiger charge is -2.28. The van der Waals surface area contributed by atoms with Crippen LogP contribution in [0.15, 0.2) is 10.5 Å². The third-order valence-corrected chi connectivity index (χ3v) is 4.08. The summed E-state index contributed by atoms with van der Waals surface area (Å²) in [6, 6.07) is 1.94. The van der Waals surface area contributed by atoms with Gasteiger partial charge in [-0.1, -0.05) is 6.92 Å². The van der Waals surface area contributed by atoms with Gasteiger partial charge in [0.2, 0.25) is 5.76 Å². The molecule has 0 saturated carbocycles. The van der Waals surface area contributed by atoms with Crippen LogP contribution in [0.5, 0.6) is 0 Å². The van der Waals surface area contributed by atoms with Crippen LogP contribution in [-0.4, -0.2) is 44.2 Å². The summed E-state index contributed by atoms with van der Waals surface area (Å²) >= 11 is 0. The van der Waals surface area contributed by atoms with Crippen LogP contribution in [0, 0.1) is 12.8 Å². The molecule has 1 fully saturated rings. The molecular formula is C16H26N2O3. The first-order valence-corrected chi connectivity index (χ1v) is 7.74. The van der Waals surface area contributed by atoms with Crippen LogP contribution in [0.4, 0.5) is 0 Å². The number of rotatable bonds is 6. The molecule has 1 aromatic heterocycles. The van der Waals surface area contributed by atoms with Crippen LogP contribution in [0.2, 0.25) is 0 Å². The monoisotopic (exact) mass is 294 g/mol. The molecule has 1 aliphatic heterocycles. The van der Waals surface area contributed by atoms with Gasteiger partial charge in [-0.25, -0.2) is 4.79 Å². The number of esters is 1. The Kier molecular flexibility index (Phi) is 5.82. The van der Waals surface area contributed by atoms with E-state index < -0.39 is 5.97 Å². The summed E-state index contributed by atoms with van der Waals surface area (Å²) in [5.74, 6) is 1.45. The van der Waals surface area contributed by atoms with Gasteiger partial charge in [0, 0.05) is 12.1 Å². The molecule has 0 radical (unpaired) electrons. The van der Waals surface area contributed by atoms with Crippen molar-refractivity contribution < 1.29 is 13.9 Å². The molecule has 0 bridgehead atoms. The van der Waals surface area contributed by atoms with Crippen molar-refractivity contribution in [2.75, 3.05) is 33.3 Å². The second-order valence-electron chi connectivity index (χ2n) is 5.76. The highest BCUT2D eigenvalue weighted by molar-refractivity contribution is 5.87. The molecule has 2 rings (SSSR count). The smallest absolute Gasteiger partial charge is 0.374 e. The fourth-order valence-corrected chi connectivity index (χ4v) is 2.89. The van der Waals surface area contributed by atoms with Gasteiger partial charge < -0.3 is 14.5 Å². The summed E-state index contributed by atoms with van der Waals surface area (Å²) < 4.78 is 10.4. The Bertz CT molecular complexity index is 464. The Labute approximate surface area is 126 Å². The second kappa shape index (κ2) is 7.61. The Morgan fingerprint density at radius 3 is 3.00 bits per heavy atom. The standard InChI is InChI=1S/C16H26N2O3/c1-4-18(10-13-6-5-7-17-9-13)11-14-8-12(2)15(21-14)16(19)20-3/h8,13,17H,4-7,9-11H2,1-3H3.